The van der Waals surface area contributed by atoms with Gasteiger partial charge in [-0.1, -0.05) is 6.07 Å². The average molecular weight is 358 g/mol. The lowest BCUT2D eigenvalue weighted by Gasteiger charge is -2.23. The summed E-state index contributed by atoms with van der Waals surface area (Å²) in [6.45, 7) is 3.43. The lowest BCUT2D eigenvalue weighted by Crippen LogP contribution is -3.15. The number of amides is 2. The number of anilines is 2. The summed E-state index contributed by atoms with van der Waals surface area (Å²) in [5, 5.41) is 5.54. The van der Waals surface area contributed by atoms with Crippen molar-refractivity contribution in [2.45, 2.75) is 0 Å². The van der Waals surface area contributed by atoms with Gasteiger partial charge < -0.3 is 20.3 Å². The highest BCUT2D eigenvalue weighted by atomic mass is 19.1. The molecule has 1 heterocycles. The topological polar surface area (TPSA) is 71.9 Å². The van der Waals surface area contributed by atoms with Crippen LogP contribution < -0.4 is 15.5 Å². The number of rotatable bonds is 5. The van der Waals surface area contributed by atoms with Gasteiger partial charge in [0.15, 0.2) is 6.54 Å². The number of ether oxygens (including phenoxy) is 1. The van der Waals surface area contributed by atoms with E-state index in [0.717, 1.165) is 13.1 Å². The Morgan fingerprint density at radius 3 is 2.31 bits per heavy atom. The lowest BCUT2D eigenvalue weighted by molar-refractivity contribution is -0.899. The highest BCUT2D eigenvalue weighted by molar-refractivity contribution is 6.04. The minimum atomic E-state index is -0.460. The number of hydrogen-bond donors (Lipinski definition) is 3. The smallest absolute Gasteiger partial charge is 0.279 e. The first kappa shape index (κ1) is 18.0. The number of benzene rings is 2. The first-order chi connectivity index (χ1) is 12.6. The Kier molecular flexibility index (Phi) is 5.93. The fourth-order valence-electron chi connectivity index (χ4n) is 2.74. The Hall–Kier alpha value is -2.77. The van der Waals surface area contributed by atoms with Gasteiger partial charge in [-0.2, -0.15) is 0 Å². The molecule has 0 unspecified atom stereocenters. The third-order valence-corrected chi connectivity index (χ3v) is 4.12. The highest BCUT2D eigenvalue weighted by Gasteiger charge is 2.17. The van der Waals surface area contributed by atoms with Gasteiger partial charge in [0.25, 0.3) is 11.8 Å². The van der Waals surface area contributed by atoms with E-state index in [2.05, 4.69) is 10.6 Å². The molecule has 0 aromatic heterocycles. The molecular weight excluding hydrogens is 337 g/mol. The van der Waals surface area contributed by atoms with E-state index in [0.29, 0.717) is 31.1 Å². The Labute approximate surface area is 150 Å². The molecule has 26 heavy (non-hydrogen) atoms. The second-order valence-corrected chi connectivity index (χ2v) is 6.13. The maximum Gasteiger partial charge on any atom is 0.279 e. The van der Waals surface area contributed by atoms with Crippen molar-refractivity contribution in [1.29, 1.82) is 0 Å². The molecule has 0 aliphatic carbocycles. The zero-order valence-corrected chi connectivity index (χ0v) is 14.3. The van der Waals surface area contributed by atoms with E-state index >= 15 is 0 Å². The molecule has 7 heteroatoms. The van der Waals surface area contributed by atoms with E-state index < -0.39 is 11.7 Å². The van der Waals surface area contributed by atoms with Crippen molar-refractivity contribution in [2.75, 3.05) is 43.5 Å². The average Bonchev–Trinajstić information content (AvgIpc) is 2.64. The third-order valence-electron chi connectivity index (χ3n) is 4.12. The normalized spacial score (nSPS) is 14.7. The van der Waals surface area contributed by atoms with Gasteiger partial charge in [-0.05, 0) is 42.5 Å². The minimum Gasteiger partial charge on any atom is -0.370 e. The summed E-state index contributed by atoms with van der Waals surface area (Å²) in [4.78, 5) is 25.4. The van der Waals surface area contributed by atoms with Crippen molar-refractivity contribution in [3.8, 4) is 0 Å². The summed E-state index contributed by atoms with van der Waals surface area (Å²) in [7, 11) is 0. The molecule has 0 atom stereocenters. The molecule has 0 bridgehead atoms. The van der Waals surface area contributed by atoms with E-state index in [1.54, 1.807) is 30.3 Å². The van der Waals surface area contributed by atoms with Crippen molar-refractivity contribution in [3.63, 3.8) is 0 Å². The molecule has 2 aromatic rings. The van der Waals surface area contributed by atoms with Crippen molar-refractivity contribution >= 4 is 23.2 Å². The van der Waals surface area contributed by atoms with Crippen molar-refractivity contribution in [1.82, 2.24) is 0 Å². The molecule has 1 saturated heterocycles. The van der Waals surface area contributed by atoms with Crippen LogP contribution >= 0.6 is 0 Å². The Bertz CT molecular complexity index is 774. The molecule has 3 rings (SSSR count). The predicted molar refractivity (Wildman–Crippen MR) is 95.8 cm³/mol. The van der Waals surface area contributed by atoms with Gasteiger partial charge in [0.05, 0.1) is 13.2 Å². The van der Waals surface area contributed by atoms with Gasteiger partial charge in [-0.15, -0.1) is 0 Å². The fraction of sp³-hybridized carbons (Fsp3) is 0.263. The number of carbonyl (C=O) groups is 2. The largest absolute Gasteiger partial charge is 0.370 e. The van der Waals surface area contributed by atoms with Crippen LogP contribution in [0.15, 0.2) is 48.5 Å². The summed E-state index contributed by atoms with van der Waals surface area (Å²) in [6, 6.07) is 12.3. The van der Waals surface area contributed by atoms with Crippen molar-refractivity contribution in [2.24, 2.45) is 0 Å². The molecule has 1 aliphatic heterocycles. The number of nitrogens with one attached hydrogen (secondary N) is 3. The quantitative estimate of drug-likeness (QED) is 0.745. The zero-order valence-electron chi connectivity index (χ0n) is 14.3. The summed E-state index contributed by atoms with van der Waals surface area (Å²) < 4.78 is 18.5. The number of hydrogen-bond acceptors (Lipinski definition) is 3. The molecule has 0 saturated carbocycles. The molecule has 1 aliphatic rings. The second-order valence-electron chi connectivity index (χ2n) is 6.13. The molecule has 6 nitrogen and oxygen atoms in total. The SMILES string of the molecule is O=C(C[NH+]1CCOCC1)Nc1ccc(NC(=O)c2cccc(F)c2)cc1. The number of carbonyl (C=O) groups excluding carboxylic acids is 2. The number of halogens is 1. The van der Waals surface area contributed by atoms with Crippen LogP contribution in [0.4, 0.5) is 15.8 Å². The van der Waals surface area contributed by atoms with E-state index in [1.165, 1.54) is 23.1 Å². The fourth-order valence-corrected chi connectivity index (χ4v) is 2.74. The Morgan fingerprint density at radius 1 is 1.00 bits per heavy atom. The summed E-state index contributed by atoms with van der Waals surface area (Å²) in [6.07, 6.45) is 0. The standard InChI is InChI=1S/C19H20FN3O3/c20-15-3-1-2-14(12-15)19(25)22-17-6-4-16(5-7-17)21-18(24)13-23-8-10-26-11-9-23/h1-7,12H,8-11,13H2,(H,21,24)(H,22,25)/p+1. The van der Waals surface area contributed by atoms with Crippen LogP contribution in [0.2, 0.25) is 0 Å². The maximum atomic E-state index is 13.2. The molecule has 1 fully saturated rings. The first-order valence-corrected chi connectivity index (χ1v) is 8.48. The van der Waals surface area contributed by atoms with E-state index in [4.69, 9.17) is 4.74 Å². The molecular formula is C19H21FN3O3+. The first-order valence-electron chi connectivity index (χ1n) is 8.48. The Morgan fingerprint density at radius 2 is 1.65 bits per heavy atom. The highest BCUT2D eigenvalue weighted by Crippen LogP contribution is 2.15. The van der Waals surface area contributed by atoms with Gasteiger partial charge in [0.1, 0.15) is 18.9 Å². The van der Waals surface area contributed by atoms with Crippen LogP contribution in [0.1, 0.15) is 10.4 Å². The van der Waals surface area contributed by atoms with Crippen LogP contribution in [-0.2, 0) is 9.53 Å². The van der Waals surface area contributed by atoms with Crippen LogP contribution in [0.3, 0.4) is 0 Å². The van der Waals surface area contributed by atoms with E-state index in [9.17, 15) is 14.0 Å². The molecule has 136 valence electrons. The van der Waals surface area contributed by atoms with Crippen LogP contribution in [0.5, 0.6) is 0 Å². The van der Waals surface area contributed by atoms with Crippen LogP contribution in [0.25, 0.3) is 0 Å². The van der Waals surface area contributed by atoms with E-state index in [1.807, 2.05) is 0 Å². The maximum absolute atomic E-state index is 13.2. The number of morpholine rings is 1. The monoisotopic (exact) mass is 358 g/mol. The number of quaternary nitrogens is 1. The van der Waals surface area contributed by atoms with Gasteiger partial charge in [0.2, 0.25) is 0 Å². The van der Waals surface area contributed by atoms with Gasteiger partial charge in [-0.25, -0.2) is 4.39 Å². The van der Waals surface area contributed by atoms with Crippen molar-refractivity contribution < 1.29 is 23.6 Å². The van der Waals surface area contributed by atoms with Crippen LogP contribution in [-0.4, -0.2) is 44.7 Å². The third kappa shape index (κ3) is 5.11. The Balaban J connectivity index is 1.53. The van der Waals surface area contributed by atoms with Gasteiger partial charge in [0, 0.05) is 16.9 Å². The summed E-state index contributed by atoms with van der Waals surface area (Å²) in [5.41, 5.74) is 1.47. The van der Waals surface area contributed by atoms with Crippen LogP contribution in [0, 0.1) is 5.82 Å². The van der Waals surface area contributed by atoms with E-state index in [-0.39, 0.29) is 11.5 Å². The predicted octanol–water partition coefficient (Wildman–Crippen LogP) is 0.932. The molecule has 0 radical (unpaired) electrons. The molecule has 3 N–H and O–H groups in total. The van der Waals surface area contributed by atoms with Crippen molar-refractivity contribution in [3.05, 3.63) is 59.9 Å². The molecule has 2 aromatic carbocycles. The molecule has 2 amide bonds. The molecule has 0 spiro atoms. The minimum absolute atomic E-state index is 0.0570. The summed E-state index contributed by atoms with van der Waals surface area (Å²) in [5.74, 6) is -0.909. The second kappa shape index (κ2) is 8.55. The van der Waals surface area contributed by atoms with Gasteiger partial charge in [-0.3, -0.25) is 9.59 Å². The van der Waals surface area contributed by atoms with Gasteiger partial charge >= 0.3 is 0 Å². The summed E-state index contributed by atoms with van der Waals surface area (Å²) >= 11 is 0. The lowest BCUT2D eigenvalue weighted by atomic mass is 10.2. The zero-order chi connectivity index (χ0) is 18.4.